The molecule has 0 spiro atoms. The zero-order valence-electron chi connectivity index (χ0n) is 23.0. The molecule has 0 aromatic heterocycles. The third kappa shape index (κ3) is 8.89. The van der Waals surface area contributed by atoms with Gasteiger partial charge in [0.25, 0.3) is 0 Å². The quantitative estimate of drug-likeness (QED) is 0.359. The minimum absolute atomic E-state index is 0.0110. The number of amides is 1. The van der Waals surface area contributed by atoms with Crippen molar-refractivity contribution in [2.75, 3.05) is 80.1 Å². The predicted octanol–water partition coefficient (Wildman–Crippen LogP) is 2.94. The van der Waals surface area contributed by atoms with Crippen molar-refractivity contribution >= 4 is 22.6 Å². The lowest BCUT2D eigenvalue weighted by atomic mass is 10.1. The topological polar surface area (TPSA) is 65.6 Å². The SMILES string of the molecule is COc1cc(C)c(S(=O)N(C)CCOCC(=O)N(C)Cc2ccc(N(C)CCN(C)C)cc2)c(C)c1. The van der Waals surface area contributed by atoms with Gasteiger partial charge in [0.1, 0.15) is 23.3 Å². The molecule has 0 saturated heterocycles. The molecule has 0 aliphatic carbocycles. The Bertz CT molecular complexity index is 990. The third-order valence-electron chi connectivity index (χ3n) is 6.01. The number of nitrogens with zero attached hydrogens (tertiary/aromatic N) is 4. The van der Waals surface area contributed by atoms with Crippen LogP contribution in [0.2, 0.25) is 0 Å². The molecule has 8 nitrogen and oxygen atoms in total. The fraction of sp³-hybridized carbons (Fsp3) is 0.519. The summed E-state index contributed by atoms with van der Waals surface area (Å²) in [6, 6.07) is 12.1. The molecule has 2 aromatic rings. The largest absolute Gasteiger partial charge is 0.497 e. The minimum Gasteiger partial charge on any atom is -0.497 e. The van der Waals surface area contributed by atoms with E-state index in [4.69, 9.17) is 9.47 Å². The zero-order valence-corrected chi connectivity index (χ0v) is 23.9. The lowest BCUT2D eigenvalue weighted by molar-refractivity contribution is -0.135. The van der Waals surface area contributed by atoms with Crippen LogP contribution in [0, 0.1) is 13.8 Å². The van der Waals surface area contributed by atoms with Gasteiger partial charge in [-0.3, -0.25) is 4.79 Å². The summed E-state index contributed by atoms with van der Waals surface area (Å²) in [6.45, 7) is 7.05. The van der Waals surface area contributed by atoms with Gasteiger partial charge in [0, 0.05) is 53.0 Å². The molecule has 0 heterocycles. The number of methoxy groups -OCH3 is 1. The maximum Gasteiger partial charge on any atom is 0.248 e. The molecule has 1 amide bonds. The van der Waals surface area contributed by atoms with Crippen LogP contribution in [0.15, 0.2) is 41.3 Å². The molecule has 2 rings (SSSR count). The van der Waals surface area contributed by atoms with Crippen molar-refractivity contribution in [3.05, 3.63) is 53.1 Å². The molecule has 0 saturated carbocycles. The molecule has 0 radical (unpaired) electrons. The van der Waals surface area contributed by atoms with Crippen LogP contribution in [0.4, 0.5) is 5.69 Å². The Morgan fingerprint density at radius 2 is 1.53 bits per heavy atom. The molecule has 0 N–H and O–H groups in total. The summed E-state index contributed by atoms with van der Waals surface area (Å²) >= 11 is 0. The van der Waals surface area contributed by atoms with Crippen LogP contribution in [0.5, 0.6) is 5.75 Å². The van der Waals surface area contributed by atoms with Gasteiger partial charge in [-0.25, -0.2) is 8.51 Å². The second-order valence-corrected chi connectivity index (χ2v) is 10.9. The number of carbonyl (C=O) groups is 1. The van der Waals surface area contributed by atoms with Crippen molar-refractivity contribution in [2.24, 2.45) is 0 Å². The van der Waals surface area contributed by atoms with E-state index in [1.165, 1.54) is 0 Å². The van der Waals surface area contributed by atoms with Crippen LogP contribution in [0.1, 0.15) is 16.7 Å². The molecule has 0 bridgehead atoms. The van der Waals surface area contributed by atoms with E-state index in [1.807, 2.05) is 26.0 Å². The molecular weight excluding hydrogens is 476 g/mol. The van der Waals surface area contributed by atoms with Gasteiger partial charge in [-0.1, -0.05) is 12.1 Å². The molecule has 9 heteroatoms. The first-order valence-corrected chi connectivity index (χ1v) is 13.2. The van der Waals surface area contributed by atoms with Crippen LogP contribution < -0.4 is 9.64 Å². The highest BCUT2D eigenvalue weighted by molar-refractivity contribution is 7.82. The standard InChI is InChI=1S/C27H42N4O4S/c1-21-17-25(34-8)18-22(2)27(21)36(33)31(7)15-16-35-20-26(32)30(6)19-23-9-11-24(12-10-23)29(5)14-13-28(3)4/h9-12,17-18H,13-16,19-20H2,1-8H3. The van der Waals surface area contributed by atoms with Crippen molar-refractivity contribution in [1.82, 2.24) is 14.1 Å². The molecule has 0 aliphatic heterocycles. The van der Waals surface area contributed by atoms with E-state index in [-0.39, 0.29) is 12.5 Å². The van der Waals surface area contributed by atoms with E-state index < -0.39 is 11.0 Å². The lowest BCUT2D eigenvalue weighted by Gasteiger charge is -2.22. The number of benzene rings is 2. The monoisotopic (exact) mass is 518 g/mol. The first-order valence-electron chi connectivity index (χ1n) is 12.1. The summed E-state index contributed by atoms with van der Waals surface area (Å²) in [4.78, 5) is 19.3. The van der Waals surface area contributed by atoms with E-state index in [0.717, 1.165) is 46.1 Å². The van der Waals surface area contributed by atoms with Gasteiger partial charge in [0.05, 0.1) is 18.6 Å². The fourth-order valence-corrected chi connectivity index (χ4v) is 4.92. The highest BCUT2D eigenvalue weighted by Crippen LogP contribution is 2.25. The van der Waals surface area contributed by atoms with Crippen LogP contribution >= 0.6 is 0 Å². The van der Waals surface area contributed by atoms with Crippen molar-refractivity contribution < 1.29 is 18.5 Å². The number of anilines is 1. The van der Waals surface area contributed by atoms with Crippen molar-refractivity contribution in [3.63, 3.8) is 0 Å². The van der Waals surface area contributed by atoms with Crippen molar-refractivity contribution in [3.8, 4) is 5.75 Å². The van der Waals surface area contributed by atoms with Crippen molar-refractivity contribution in [2.45, 2.75) is 25.3 Å². The number of rotatable bonds is 14. The second kappa shape index (κ2) is 14.3. The smallest absolute Gasteiger partial charge is 0.248 e. The molecule has 200 valence electrons. The normalized spacial score (nSPS) is 12.2. The summed E-state index contributed by atoms with van der Waals surface area (Å²) in [5.74, 6) is 0.662. The highest BCUT2D eigenvalue weighted by atomic mass is 32.2. The lowest BCUT2D eigenvalue weighted by Crippen LogP contribution is -2.32. The summed E-state index contributed by atoms with van der Waals surface area (Å²) in [5, 5.41) is 0. The van der Waals surface area contributed by atoms with E-state index in [9.17, 15) is 9.00 Å². The summed E-state index contributed by atoms with van der Waals surface area (Å²) in [5.41, 5.74) is 4.06. The fourth-order valence-electron chi connectivity index (χ4n) is 3.70. The van der Waals surface area contributed by atoms with E-state index in [0.29, 0.717) is 19.7 Å². The van der Waals surface area contributed by atoms with Gasteiger partial charge in [0.15, 0.2) is 0 Å². The Kier molecular flexibility index (Phi) is 11.8. The number of hydrogen-bond acceptors (Lipinski definition) is 6. The number of aryl methyl sites for hydroxylation is 2. The van der Waals surface area contributed by atoms with Crippen LogP contribution in [-0.4, -0.2) is 99.4 Å². The first kappa shape index (κ1) is 29.8. The molecule has 0 fully saturated rings. The molecule has 1 atom stereocenters. The van der Waals surface area contributed by atoms with Gasteiger partial charge < -0.3 is 24.2 Å². The van der Waals surface area contributed by atoms with Crippen LogP contribution in [0.3, 0.4) is 0 Å². The molecular formula is C27H42N4O4S. The third-order valence-corrected chi connectivity index (χ3v) is 7.75. The Morgan fingerprint density at radius 1 is 0.917 bits per heavy atom. The molecule has 1 unspecified atom stereocenters. The van der Waals surface area contributed by atoms with Gasteiger partial charge in [-0.15, -0.1) is 0 Å². The summed E-state index contributed by atoms with van der Waals surface area (Å²) in [7, 11) is 10.1. The number of carbonyl (C=O) groups excluding carboxylic acids is 1. The van der Waals surface area contributed by atoms with Gasteiger partial charge in [-0.05, 0) is 68.9 Å². The number of ether oxygens (including phenoxy) is 2. The van der Waals surface area contributed by atoms with Crippen LogP contribution in [-0.2, 0) is 27.1 Å². The number of hydrogen-bond donors (Lipinski definition) is 0. The summed E-state index contributed by atoms with van der Waals surface area (Å²) in [6.07, 6.45) is 0. The molecule has 36 heavy (non-hydrogen) atoms. The van der Waals surface area contributed by atoms with Gasteiger partial charge in [0.2, 0.25) is 5.91 Å². The average Bonchev–Trinajstić information content (AvgIpc) is 2.84. The van der Waals surface area contributed by atoms with Gasteiger partial charge in [-0.2, -0.15) is 0 Å². The first-order chi connectivity index (χ1) is 17.0. The van der Waals surface area contributed by atoms with Gasteiger partial charge >= 0.3 is 0 Å². The Morgan fingerprint density at radius 3 is 2.08 bits per heavy atom. The van der Waals surface area contributed by atoms with E-state index in [1.54, 1.807) is 30.4 Å². The highest BCUT2D eigenvalue weighted by Gasteiger charge is 2.17. The minimum atomic E-state index is -1.32. The molecule has 2 aromatic carbocycles. The zero-order chi connectivity index (χ0) is 26.8. The van der Waals surface area contributed by atoms with E-state index in [2.05, 4.69) is 55.2 Å². The Balaban J connectivity index is 1.77. The van der Waals surface area contributed by atoms with Crippen molar-refractivity contribution in [1.29, 1.82) is 0 Å². The maximum atomic E-state index is 13.0. The van der Waals surface area contributed by atoms with E-state index >= 15 is 0 Å². The molecule has 0 aliphatic rings. The maximum absolute atomic E-state index is 13.0. The second-order valence-electron chi connectivity index (χ2n) is 9.38. The Labute approximate surface area is 219 Å². The summed E-state index contributed by atoms with van der Waals surface area (Å²) < 4.78 is 25.6. The average molecular weight is 519 g/mol. The predicted molar refractivity (Wildman–Crippen MR) is 147 cm³/mol. The number of likely N-dealkylation sites (N-methyl/N-ethyl adjacent to an activating group) is 4. The van der Waals surface area contributed by atoms with Crippen LogP contribution in [0.25, 0.3) is 0 Å². The Hall–Kier alpha value is -2.46.